The van der Waals surface area contributed by atoms with E-state index in [1.54, 1.807) is 44.2 Å². The van der Waals surface area contributed by atoms with Crippen molar-refractivity contribution in [1.82, 2.24) is 14.7 Å². The van der Waals surface area contributed by atoms with Crippen LogP contribution in [-0.2, 0) is 41.3 Å². The van der Waals surface area contributed by atoms with Crippen LogP contribution in [-0.4, -0.2) is 76.4 Å². The maximum absolute atomic E-state index is 13.9. The number of fused-ring (bicyclic) bond motifs is 1. The van der Waals surface area contributed by atoms with E-state index >= 15 is 0 Å². The summed E-state index contributed by atoms with van der Waals surface area (Å²) in [7, 11) is -1.68. The molecule has 41 heavy (non-hydrogen) atoms. The van der Waals surface area contributed by atoms with E-state index in [-0.39, 0.29) is 29.5 Å². The molecule has 13 heteroatoms. The summed E-state index contributed by atoms with van der Waals surface area (Å²) in [5.74, 6) is -2.31. The van der Waals surface area contributed by atoms with Gasteiger partial charge in [0.2, 0.25) is 5.91 Å². The molecule has 3 aliphatic rings. The van der Waals surface area contributed by atoms with Crippen molar-refractivity contribution >= 4 is 40.2 Å². The summed E-state index contributed by atoms with van der Waals surface area (Å²) >= 11 is 0. The number of amides is 3. The van der Waals surface area contributed by atoms with Gasteiger partial charge in [-0.3, -0.25) is 28.7 Å². The molecule has 3 saturated heterocycles. The first-order valence-corrected chi connectivity index (χ1v) is 14.2. The molecule has 2 aromatic rings. The summed E-state index contributed by atoms with van der Waals surface area (Å²) < 4.78 is 18.8. The minimum absolute atomic E-state index is 0.0801. The van der Waals surface area contributed by atoms with E-state index in [1.807, 2.05) is 0 Å². The van der Waals surface area contributed by atoms with Crippen LogP contribution >= 0.6 is 0 Å². The zero-order valence-electron chi connectivity index (χ0n) is 22.6. The Morgan fingerprint density at radius 2 is 1.73 bits per heavy atom. The summed E-state index contributed by atoms with van der Waals surface area (Å²) in [6.07, 6.45) is 0. The molecule has 5 atom stereocenters. The van der Waals surface area contributed by atoms with Crippen molar-refractivity contribution in [2.24, 2.45) is 0 Å². The molecule has 3 amide bonds. The van der Waals surface area contributed by atoms with Gasteiger partial charge in [0.25, 0.3) is 17.5 Å². The van der Waals surface area contributed by atoms with Crippen LogP contribution in [0.4, 0.5) is 5.69 Å². The van der Waals surface area contributed by atoms with Crippen LogP contribution < -0.4 is 0 Å². The van der Waals surface area contributed by atoms with Gasteiger partial charge in [-0.15, -0.1) is 0 Å². The second-order valence-electron chi connectivity index (χ2n) is 10.6. The van der Waals surface area contributed by atoms with Gasteiger partial charge in [0.1, 0.15) is 29.7 Å². The predicted octanol–water partition coefficient (Wildman–Crippen LogP) is 2.03. The van der Waals surface area contributed by atoms with Crippen LogP contribution in [0, 0.1) is 10.1 Å². The quantitative estimate of drug-likeness (QED) is 0.166. The van der Waals surface area contributed by atoms with E-state index in [1.165, 1.54) is 41.0 Å². The highest BCUT2D eigenvalue weighted by Gasteiger charge is 2.67. The highest BCUT2D eigenvalue weighted by atomic mass is 32.2. The molecule has 0 aliphatic carbocycles. The van der Waals surface area contributed by atoms with Gasteiger partial charge in [-0.1, -0.05) is 36.9 Å². The number of nitro benzene ring substituents is 1. The Morgan fingerprint density at radius 1 is 1.10 bits per heavy atom. The molecule has 5 rings (SSSR count). The summed E-state index contributed by atoms with van der Waals surface area (Å²) in [6, 6.07) is 10.9. The average Bonchev–Trinajstić information content (AvgIpc) is 3.13. The van der Waals surface area contributed by atoms with Crippen molar-refractivity contribution in [1.29, 1.82) is 0 Å². The van der Waals surface area contributed by atoms with Gasteiger partial charge in [0, 0.05) is 24.8 Å². The molecule has 4 unspecified atom stereocenters. The van der Waals surface area contributed by atoms with Gasteiger partial charge in [0.15, 0.2) is 6.04 Å². The summed E-state index contributed by atoms with van der Waals surface area (Å²) in [5, 5.41) is 9.88. The number of rotatable bonds is 6. The SMILES string of the molecule is C=C1CS(=O)[C@H]2C(N3C(=O)C(c4ccccc4)N(C(C)=O)C3(C)C)C(=O)N2C1C(=O)OCc1ccc([N+](=O)[O-])cc1. The third-order valence-electron chi connectivity index (χ3n) is 7.71. The van der Waals surface area contributed by atoms with E-state index in [0.717, 1.165) is 4.90 Å². The van der Waals surface area contributed by atoms with Crippen LogP contribution in [0.15, 0.2) is 66.7 Å². The lowest BCUT2D eigenvalue weighted by atomic mass is 9.95. The second-order valence-corrected chi connectivity index (χ2v) is 12.1. The van der Waals surface area contributed by atoms with Gasteiger partial charge in [0.05, 0.1) is 15.7 Å². The molecule has 0 spiro atoms. The molecule has 3 aliphatic heterocycles. The first-order chi connectivity index (χ1) is 19.4. The lowest BCUT2D eigenvalue weighted by Gasteiger charge is -2.56. The van der Waals surface area contributed by atoms with E-state index in [0.29, 0.717) is 11.1 Å². The number of non-ortho nitro benzene ring substituents is 1. The zero-order valence-corrected chi connectivity index (χ0v) is 23.4. The van der Waals surface area contributed by atoms with Crippen molar-refractivity contribution in [2.45, 2.75) is 56.5 Å². The second kappa shape index (κ2) is 10.2. The molecule has 214 valence electrons. The predicted molar refractivity (Wildman–Crippen MR) is 146 cm³/mol. The fraction of sp³-hybridized carbons (Fsp3) is 0.357. The minimum Gasteiger partial charge on any atom is -0.459 e. The van der Waals surface area contributed by atoms with Gasteiger partial charge >= 0.3 is 5.97 Å². The number of β-lactam (4-membered cyclic amide) rings is 1. The maximum atomic E-state index is 13.9. The summed E-state index contributed by atoms with van der Waals surface area (Å²) in [5.41, 5.74) is -0.0303. The van der Waals surface area contributed by atoms with Crippen LogP contribution in [0.25, 0.3) is 0 Å². The minimum atomic E-state index is -1.68. The average molecular weight is 581 g/mol. The molecule has 3 heterocycles. The third kappa shape index (κ3) is 4.49. The van der Waals surface area contributed by atoms with Crippen LogP contribution in [0.5, 0.6) is 0 Å². The number of ether oxygens (including phenoxy) is 1. The van der Waals surface area contributed by atoms with Crippen molar-refractivity contribution in [3.05, 3.63) is 88.0 Å². The molecule has 12 nitrogen and oxygen atoms in total. The van der Waals surface area contributed by atoms with Crippen molar-refractivity contribution in [2.75, 3.05) is 5.75 Å². The Kier molecular flexibility index (Phi) is 7.02. The molecule has 0 aromatic heterocycles. The normalized spacial score (nSPS) is 26.9. The van der Waals surface area contributed by atoms with Crippen molar-refractivity contribution < 1.29 is 33.0 Å². The molecule has 0 radical (unpaired) electrons. The van der Waals surface area contributed by atoms with E-state index in [9.17, 15) is 33.5 Å². The largest absolute Gasteiger partial charge is 0.459 e. The first-order valence-electron chi connectivity index (χ1n) is 12.8. The molecule has 0 bridgehead atoms. The van der Waals surface area contributed by atoms with Gasteiger partial charge < -0.3 is 19.4 Å². The standard InChI is InChI=1S/C28H28N4O8S/c1-16-15-41(39)26-23(31-25(35)22(19-8-6-5-7-9-19)30(17(2)33)28(31,3)4)24(34)29(26)21(16)27(36)40-14-18-10-12-20(13-11-18)32(37)38/h5-13,21-23,26H,1,14-15H2,2-4H3/t21?,22?,23?,26-,41?/m0/s1. The number of nitro groups is 1. The molecule has 0 saturated carbocycles. The monoisotopic (exact) mass is 580 g/mol. The topological polar surface area (TPSA) is 147 Å². The van der Waals surface area contributed by atoms with Gasteiger partial charge in [-0.05, 0) is 42.7 Å². The number of hydrogen-bond donors (Lipinski definition) is 0. The van der Waals surface area contributed by atoms with E-state index < -0.39 is 62.7 Å². The van der Waals surface area contributed by atoms with Crippen LogP contribution in [0.2, 0.25) is 0 Å². The lowest BCUT2D eigenvalue weighted by Crippen LogP contribution is -2.79. The van der Waals surface area contributed by atoms with Gasteiger partial charge in [-0.25, -0.2) is 4.79 Å². The highest BCUT2D eigenvalue weighted by Crippen LogP contribution is 2.47. The van der Waals surface area contributed by atoms with Crippen LogP contribution in [0.1, 0.15) is 37.9 Å². The fourth-order valence-electron chi connectivity index (χ4n) is 5.94. The Bertz CT molecular complexity index is 1490. The Morgan fingerprint density at radius 3 is 2.32 bits per heavy atom. The molecular formula is C28H28N4O8S. The van der Waals surface area contributed by atoms with E-state index in [4.69, 9.17) is 4.74 Å². The van der Waals surface area contributed by atoms with Gasteiger partial charge in [-0.2, -0.15) is 0 Å². The third-order valence-corrected chi connectivity index (χ3v) is 9.39. The number of nitrogens with zero attached hydrogens (tertiary/aromatic N) is 4. The molecule has 0 N–H and O–H groups in total. The van der Waals surface area contributed by atoms with Crippen molar-refractivity contribution in [3.8, 4) is 0 Å². The Labute approximate surface area is 238 Å². The molecular weight excluding hydrogens is 552 g/mol. The highest BCUT2D eigenvalue weighted by molar-refractivity contribution is 7.86. The fourth-order valence-corrected chi connectivity index (χ4v) is 7.64. The lowest BCUT2D eigenvalue weighted by molar-refractivity contribution is -0.384. The van der Waals surface area contributed by atoms with E-state index in [2.05, 4.69) is 6.58 Å². The molecule has 3 fully saturated rings. The number of hydrogen-bond acceptors (Lipinski definition) is 8. The maximum Gasteiger partial charge on any atom is 0.333 e. The Balaban J connectivity index is 1.40. The number of carbonyl (C=O) groups excluding carboxylic acids is 4. The van der Waals surface area contributed by atoms with Crippen molar-refractivity contribution in [3.63, 3.8) is 0 Å². The first kappa shape index (κ1) is 28.1. The smallest absolute Gasteiger partial charge is 0.333 e. The summed E-state index contributed by atoms with van der Waals surface area (Å²) in [4.78, 5) is 67.8. The number of benzene rings is 2. The number of carbonyl (C=O) groups is 4. The van der Waals surface area contributed by atoms with Crippen LogP contribution in [0.3, 0.4) is 0 Å². The number of esters is 1. The molecule has 2 aromatic carbocycles. The summed E-state index contributed by atoms with van der Waals surface area (Å²) in [6.45, 7) is 8.33. The zero-order chi connectivity index (χ0) is 29.8. The Hall–Kier alpha value is -4.39.